The van der Waals surface area contributed by atoms with Crippen LogP contribution in [0.4, 0.5) is 5.69 Å². The van der Waals surface area contributed by atoms with Crippen molar-refractivity contribution in [2.75, 3.05) is 36.5 Å². The highest BCUT2D eigenvalue weighted by Crippen LogP contribution is 2.25. The second-order valence-corrected chi connectivity index (χ2v) is 7.01. The van der Waals surface area contributed by atoms with Gasteiger partial charge in [0, 0.05) is 43.4 Å². The van der Waals surface area contributed by atoms with Crippen molar-refractivity contribution in [2.45, 2.75) is 25.4 Å². The molecule has 6 heteroatoms. The van der Waals surface area contributed by atoms with E-state index in [1.165, 1.54) is 35.6 Å². The van der Waals surface area contributed by atoms with Gasteiger partial charge in [0.25, 0.3) is 0 Å². The molecular formula is C16H25IN4S. The smallest absolute Gasteiger partial charge is 0.191 e. The van der Waals surface area contributed by atoms with Crippen LogP contribution in [-0.4, -0.2) is 48.5 Å². The molecule has 0 amide bonds. The number of thioether (sulfide) groups is 1. The lowest BCUT2D eigenvalue weighted by Crippen LogP contribution is -2.35. The van der Waals surface area contributed by atoms with E-state index in [-0.39, 0.29) is 24.0 Å². The minimum atomic E-state index is 0. The van der Waals surface area contributed by atoms with Gasteiger partial charge in [0.2, 0.25) is 0 Å². The largest absolute Gasteiger partial charge is 0.370 e. The summed E-state index contributed by atoms with van der Waals surface area (Å²) in [5, 5.41) is 0. The molecule has 0 radical (unpaired) electrons. The highest BCUT2D eigenvalue weighted by Gasteiger charge is 2.27. The second-order valence-electron chi connectivity index (χ2n) is 5.78. The average Bonchev–Trinajstić information content (AvgIpc) is 3.38. The first-order valence-electron chi connectivity index (χ1n) is 7.68. The van der Waals surface area contributed by atoms with Crippen LogP contribution in [0.3, 0.4) is 0 Å². The first-order chi connectivity index (χ1) is 10.2. The number of benzene rings is 1. The molecule has 1 aromatic rings. The first kappa shape index (κ1) is 17.7. The van der Waals surface area contributed by atoms with E-state index in [0.29, 0.717) is 18.5 Å². The van der Waals surface area contributed by atoms with Gasteiger partial charge in [-0.3, -0.25) is 0 Å². The first-order valence-corrected chi connectivity index (χ1v) is 8.84. The molecule has 2 fully saturated rings. The summed E-state index contributed by atoms with van der Waals surface area (Å²) in [5.74, 6) is 3.13. The predicted octanol–water partition coefficient (Wildman–Crippen LogP) is 2.77. The standard InChI is InChI=1S/C16H24N4S.HI/c1-19(14-6-7-14)16(17)18-12-13-2-4-15(5-3-13)20-8-10-21-11-9-20;/h2-5,14H,6-12H2,1H3,(H2,17,18);1H. The van der Waals surface area contributed by atoms with Gasteiger partial charge in [-0.1, -0.05) is 12.1 Å². The molecule has 1 aromatic carbocycles. The molecule has 0 atom stereocenters. The SMILES string of the molecule is CN(C(N)=NCc1ccc(N2CCSCC2)cc1)C1CC1.I. The third-order valence-corrected chi connectivity index (χ3v) is 5.13. The van der Waals surface area contributed by atoms with E-state index in [2.05, 4.69) is 39.1 Å². The maximum absolute atomic E-state index is 6.02. The van der Waals surface area contributed by atoms with E-state index in [0.717, 1.165) is 13.1 Å². The summed E-state index contributed by atoms with van der Waals surface area (Å²) >= 11 is 2.04. The Morgan fingerprint density at radius 1 is 1.27 bits per heavy atom. The molecule has 0 spiro atoms. The highest BCUT2D eigenvalue weighted by molar-refractivity contribution is 14.0. The van der Waals surface area contributed by atoms with Crippen LogP contribution in [0.15, 0.2) is 29.3 Å². The van der Waals surface area contributed by atoms with E-state index in [9.17, 15) is 0 Å². The third kappa shape index (κ3) is 4.68. The van der Waals surface area contributed by atoms with E-state index in [1.54, 1.807) is 0 Å². The molecule has 1 aliphatic carbocycles. The van der Waals surface area contributed by atoms with Crippen molar-refractivity contribution in [2.24, 2.45) is 10.7 Å². The fourth-order valence-electron chi connectivity index (χ4n) is 2.57. The summed E-state index contributed by atoms with van der Waals surface area (Å²) in [4.78, 5) is 9.06. The zero-order valence-electron chi connectivity index (χ0n) is 13.1. The Labute approximate surface area is 154 Å². The van der Waals surface area contributed by atoms with Gasteiger partial charge in [-0.2, -0.15) is 11.8 Å². The normalized spacial score (nSPS) is 18.8. The van der Waals surface area contributed by atoms with Crippen LogP contribution in [0.25, 0.3) is 0 Å². The molecule has 0 bridgehead atoms. The van der Waals surface area contributed by atoms with Gasteiger partial charge in [-0.05, 0) is 30.5 Å². The lowest BCUT2D eigenvalue weighted by Gasteiger charge is -2.28. The lowest BCUT2D eigenvalue weighted by atomic mass is 10.2. The summed E-state index contributed by atoms with van der Waals surface area (Å²) in [5.41, 5.74) is 8.56. The zero-order valence-corrected chi connectivity index (χ0v) is 16.2. The molecule has 1 saturated carbocycles. The van der Waals surface area contributed by atoms with Crippen molar-refractivity contribution in [1.82, 2.24) is 4.90 Å². The molecule has 2 aliphatic rings. The van der Waals surface area contributed by atoms with Crippen LogP contribution in [0.2, 0.25) is 0 Å². The Hall–Kier alpha value is -0.630. The highest BCUT2D eigenvalue weighted by atomic mass is 127. The molecule has 0 unspecified atom stereocenters. The number of nitrogens with two attached hydrogens (primary N) is 1. The van der Waals surface area contributed by atoms with E-state index < -0.39 is 0 Å². The topological polar surface area (TPSA) is 44.9 Å². The summed E-state index contributed by atoms with van der Waals surface area (Å²) in [7, 11) is 2.04. The quantitative estimate of drug-likeness (QED) is 0.452. The van der Waals surface area contributed by atoms with Crippen molar-refractivity contribution >= 4 is 47.4 Å². The van der Waals surface area contributed by atoms with Crippen molar-refractivity contribution in [3.63, 3.8) is 0 Å². The van der Waals surface area contributed by atoms with Gasteiger partial charge in [0.15, 0.2) is 5.96 Å². The maximum atomic E-state index is 6.02. The summed E-state index contributed by atoms with van der Waals surface area (Å²) in [6.45, 7) is 2.97. The molecule has 2 N–H and O–H groups in total. The van der Waals surface area contributed by atoms with Crippen molar-refractivity contribution < 1.29 is 0 Å². The minimum Gasteiger partial charge on any atom is -0.370 e. The number of hydrogen-bond acceptors (Lipinski definition) is 3. The van der Waals surface area contributed by atoms with Gasteiger partial charge < -0.3 is 15.5 Å². The number of aliphatic imine (C=N–C) groups is 1. The molecule has 1 heterocycles. The van der Waals surface area contributed by atoms with E-state index >= 15 is 0 Å². The Morgan fingerprint density at radius 2 is 1.91 bits per heavy atom. The molecule has 3 rings (SSSR count). The van der Waals surface area contributed by atoms with Gasteiger partial charge in [-0.15, -0.1) is 24.0 Å². The summed E-state index contributed by atoms with van der Waals surface area (Å²) in [6, 6.07) is 9.38. The van der Waals surface area contributed by atoms with Crippen LogP contribution < -0.4 is 10.6 Å². The van der Waals surface area contributed by atoms with Gasteiger partial charge in [0.1, 0.15) is 0 Å². The van der Waals surface area contributed by atoms with Crippen LogP contribution >= 0.6 is 35.7 Å². The molecule has 0 aromatic heterocycles. The Balaban J connectivity index is 0.00000176. The van der Waals surface area contributed by atoms with Crippen LogP contribution in [-0.2, 0) is 6.54 Å². The Kier molecular flexibility index (Phi) is 6.67. The predicted molar refractivity (Wildman–Crippen MR) is 108 cm³/mol. The number of halogens is 1. The van der Waals surface area contributed by atoms with Crippen molar-refractivity contribution in [3.05, 3.63) is 29.8 Å². The Morgan fingerprint density at radius 3 is 2.50 bits per heavy atom. The number of guanidine groups is 1. The average molecular weight is 432 g/mol. The number of hydrogen-bond donors (Lipinski definition) is 1. The van der Waals surface area contributed by atoms with Crippen molar-refractivity contribution in [1.29, 1.82) is 0 Å². The lowest BCUT2D eigenvalue weighted by molar-refractivity contribution is 0.487. The molecule has 4 nitrogen and oxygen atoms in total. The molecule has 122 valence electrons. The molecule has 1 saturated heterocycles. The third-order valence-electron chi connectivity index (χ3n) is 4.19. The molecule has 1 aliphatic heterocycles. The molecule has 22 heavy (non-hydrogen) atoms. The van der Waals surface area contributed by atoms with E-state index in [4.69, 9.17) is 5.73 Å². The number of rotatable bonds is 4. The van der Waals surface area contributed by atoms with Gasteiger partial charge >= 0.3 is 0 Å². The summed E-state index contributed by atoms with van der Waals surface area (Å²) < 4.78 is 0. The van der Waals surface area contributed by atoms with Gasteiger partial charge in [-0.25, -0.2) is 4.99 Å². The summed E-state index contributed by atoms with van der Waals surface area (Å²) in [6.07, 6.45) is 2.49. The zero-order chi connectivity index (χ0) is 14.7. The van der Waals surface area contributed by atoms with E-state index in [1.807, 2.05) is 18.8 Å². The maximum Gasteiger partial charge on any atom is 0.191 e. The fourth-order valence-corrected chi connectivity index (χ4v) is 3.47. The molecular weight excluding hydrogens is 407 g/mol. The second kappa shape index (κ2) is 8.29. The fraction of sp³-hybridized carbons (Fsp3) is 0.562. The monoisotopic (exact) mass is 432 g/mol. The Bertz CT molecular complexity index is 495. The number of nitrogens with zero attached hydrogens (tertiary/aromatic N) is 3. The number of anilines is 1. The van der Waals surface area contributed by atoms with Crippen molar-refractivity contribution in [3.8, 4) is 0 Å². The van der Waals surface area contributed by atoms with Crippen LogP contribution in [0.5, 0.6) is 0 Å². The van der Waals surface area contributed by atoms with Crippen LogP contribution in [0, 0.1) is 0 Å². The van der Waals surface area contributed by atoms with Crippen LogP contribution in [0.1, 0.15) is 18.4 Å². The minimum absolute atomic E-state index is 0. The van der Waals surface area contributed by atoms with Gasteiger partial charge in [0.05, 0.1) is 6.54 Å².